The van der Waals surface area contributed by atoms with Crippen LogP contribution < -0.4 is 32.9 Å². The Bertz CT molecular complexity index is 1170. The molecule has 1 aromatic heterocycles. The summed E-state index contributed by atoms with van der Waals surface area (Å²) in [5, 5.41) is 8.62. The lowest BCUT2D eigenvalue weighted by molar-refractivity contribution is -0.00000556. The van der Waals surface area contributed by atoms with Gasteiger partial charge in [0.2, 0.25) is 0 Å². The molecule has 0 atom stereocenters. The quantitative estimate of drug-likeness (QED) is 0.305. The molecule has 154 valence electrons. The van der Waals surface area contributed by atoms with E-state index in [1.54, 1.807) is 0 Å². The van der Waals surface area contributed by atoms with E-state index >= 15 is 0 Å². The predicted octanol–water partition coefficient (Wildman–Crippen LogP) is 4.05. The van der Waals surface area contributed by atoms with Gasteiger partial charge < -0.3 is 17.0 Å². The van der Waals surface area contributed by atoms with E-state index in [1.165, 1.54) is 31.6 Å². The average molecular weight is 524 g/mol. The monoisotopic (exact) mass is 522 g/mol. The minimum Gasteiger partial charge on any atom is -1.00 e. The summed E-state index contributed by atoms with van der Waals surface area (Å²) in [4.78, 5) is 0. The molecule has 0 nitrogen and oxygen atoms in total. The summed E-state index contributed by atoms with van der Waals surface area (Å²) in [5.41, 5.74) is 1.38. The summed E-state index contributed by atoms with van der Waals surface area (Å²) in [6.45, 7) is 0. The van der Waals surface area contributed by atoms with E-state index in [9.17, 15) is 0 Å². The summed E-state index contributed by atoms with van der Waals surface area (Å²) in [7, 11) is -1.90. The van der Waals surface area contributed by atoms with Gasteiger partial charge in [-0.05, 0) is 60.0 Å². The zero-order valence-corrected chi connectivity index (χ0v) is 20.8. The number of rotatable bonds is 5. The molecule has 4 aromatic carbocycles. The zero-order valence-electron chi connectivity index (χ0n) is 16.8. The molecule has 0 unspecified atom stereocenters. The second-order valence-electron chi connectivity index (χ2n) is 7.38. The Morgan fingerprint density at radius 2 is 1.13 bits per heavy atom. The molecule has 0 aliphatic carbocycles. The third-order valence-corrected chi connectivity index (χ3v) is 11.2. The molecule has 0 fully saturated rings. The van der Waals surface area contributed by atoms with Crippen molar-refractivity contribution >= 4 is 56.2 Å². The fourth-order valence-electron chi connectivity index (χ4n) is 4.20. The van der Waals surface area contributed by atoms with Gasteiger partial charge in [-0.3, -0.25) is 0 Å². The third-order valence-electron chi connectivity index (χ3n) is 5.61. The van der Waals surface area contributed by atoms with Crippen LogP contribution >= 0.6 is 30.2 Å². The summed E-state index contributed by atoms with van der Waals surface area (Å²) in [6, 6.07) is 39.4. The predicted molar refractivity (Wildman–Crippen MR) is 136 cm³/mol. The van der Waals surface area contributed by atoms with Crippen molar-refractivity contribution in [3.05, 3.63) is 125 Å². The van der Waals surface area contributed by atoms with Gasteiger partial charge in [0, 0.05) is 20.7 Å². The number of hydrogen-bond acceptors (Lipinski definition) is 1. The lowest BCUT2D eigenvalue weighted by atomic mass is 10.2. The van der Waals surface area contributed by atoms with Gasteiger partial charge in [0.15, 0.2) is 0 Å². The van der Waals surface area contributed by atoms with E-state index in [0.29, 0.717) is 0 Å². The fraction of sp³-hybridized carbons (Fsp3) is 0.0370. The van der Waals surface area contributed by atoms with E-state index in [1.807, 2.05) is 17.4 Å². The molecule has 0 amide bonds. The Labute approximate surface area is 203 Å². The molecular formula is C27H21BrClPS. The molecular weight excluding hydrogens is 503 g/mol. The molecule has 0 aliphatic heterocycles. The number of hydrogen-bond donors (Lipinski definition) is 0. The molecule has 0 spiro atoms. The molecule has 0 saturated heterocycles. The molecule has 5 rings (SSSR count). The van der Waals surface area contributed by atoms with Gasteiger partial charge in [-0.2, -0.15) is 0 Å². The largest absolute Gasteiger partial charge is 1.00 e. The zero-order chi connectivity index (χ0) is 20.4. The summed E-state index contributed by atoms with van der Waals surface area (Å²) >= 11 is 8.19. The minimum absolute atomic E-state index is 0. The van der Waals surface area contributed by atoms with Crippen LogP contribution in [-0.4, -0.2) is 0 Å². The molecule has 0 radical (unpaired) electrons. The van der Waals surface area contributed by atoms with Crippen molar-refractivity contribution in [2.75, 3.05) is 0 Å². The highest BCUT2D eigenvalue weighted by atomic mass is 79.9. The van der Waals surface area contributed by atoms with Gasteiger partial charge in [0.05, 0.1) is 6.16 Å². The molecule has 4 heteroatoms. The average Bonchev–Trinajstić information content (AvgIpc) is 3.21. The van der Waals surface area contributed by atoms with Gasteiger partial charge >= 0.3 is 0 Å². The van der Waals surface area contributed by atoms with E-state index < -0.39 is 7.26 Å². The van der Waals surface area contributed by atoms with Gasteiger partial charge in [0.1, 0.15) is 23.2 Å². The van der Waals surface area contributed by atoms with Gasteiger partial charge in [0.25, 0.3) is 0 Å². The molecule has 0 aliphatic rings. The third kappa shape index (κ3) is 4.23. The van der Waals surface area contributed by atoms with Crippen molar-refractivity contribution in [3.63, 3.8) is 0 Å². The van der Waals surface area contributed by atoms with E-state index in [0.717, 1.165) is 11.2 Å². The number of fused-ring (bicyclic) bond motifs is 1. The lowest BCUT2D eigenvalue weighted by Gasteiger charge is -2.27. The van der Waals surface area contributed by atoms with Crippen molar-refractivity contribution in [1.82, 2.24) is 0 Å². The Morgan fingerprint density at radius 1 is 0.645 bits per heavy atom. The standard InChI is InChI=1S/C27H21ClPS.BrH/c28-22-16-17-27-26(18-22)21(20-30-27)19-29(23-10-4-1-5-11-23,24-12-6-2-7-13-24)25-14-8-3-9-15-25;/h1-18,20H,19H2;1H/q+1;/p-1. The molecule has 5 aromatic rings. The Kier molecular flexibility index (Phi) is 6.94. The van der Waals surface area contributed by atoms with Crippen LogP contribution in [0, 0.1) is 0 Å². The molecule has 0 N–H and O–H groups in total. The molecule has 31 heavy (non-hydrogen) atoms. The summed E-state index contributed by atoms with van der Waals surface area (Å²) in [6.07, 6.45) is 0.978. The van der Waals surface area contributed by atoms with Crippen LogP contribution in [0.4, 0.5) is 0 Å². The van der Waals surface area contributed by atoms with Crippen molar-refractivity contribution in [1.29, 1.82) is 0 Å². The first-order valence-corrected chi connectivity index (χ1v) is 13.2. The first kappa shape index (κ1) is 22.2. The first-order chi connectivity index (χ1) is 14.8. The molecule has 0 saturated carbocycles. The maximum absolute atomic E-state index is 6.38. The number of halogens is 2. The smallest absolute Gasteiger partial charge is 0.116 e. The van der Waals surface area contributed by atoms with E-state index in [2.05, 4.69) is 109 Å². The maximum Gasteiger partial charge on any atom is 0.116 e. The topological polar surface area (TPSA) is 0 Å². The van der Waals surface area contributed by atoms with Crippen LogP contribution in [0.5, 0.6) is 0 Å². The van der Waals surface area contributed by atoms with E-state index in [-0.39, 0.29) is 17.0 Å². The summed E-state index contributed by atoms with van der Waals surface area (Å²) in [5.74, 6) is 0. The van der Waals surface area contributed by atoms with Crippen molar-refractivity contribution in [3.8, 4) is 0 Å². The first-order valence-electron chi connectivity index (χ1n) is 9.98. The van der Waals surface area contributed by atoms with Gasteiger partial charge in [-0.15, -0.1) is 11.3 Å². The van der Waals surface area contributed by atoms with Crippen molar-refractivity contribution in [2.24, 2.45) is 0 Å². The lowest BCUT2D eigenvalue weighted by Crippen LogP contribution is -3.00. The van der Waals surface area contributed by atoms with Gasteiger partial charge in [-0.25, -0.2) is 0 Å². The minimum atomic E-state index is -1.90. The number of benzene rings is 4. The number of thiophene rings is 1. The highest BCUT2D eigenvalue weighted by Gasteiger charge is 2.45. The summed E-state index contributed by atoms with van der Waals surface area (Å²) < 4.78 is 1.29. The van der Waals surface area contributed by atoms with Crippen molar-refractivity contribution in [2.45, 2.75) is 6.16 Å². The fourth-order valence-corrected chi connectivity index (χ4v) is 9.70. The second-order valence-corrected chi connectivity index (χ2v) is 12.2. The van der Waals surface area contributed by atoms with Crippen LogP contribution in [0.1, 0.15) is 5.56 Å². The van der Waals surface area contributed by atoms with Crippen molar-refractivity contribution < 1.29 is 17.0 Å². The molecule has 0 bridgehead atoms. The highest BCUT2D eigenvalue weighted by molar-refractivity contribution is 7.95. The SMILES string of the molecule is Clc1ccc2scc(C[P+](c3ccccc3)(c3ccccc3)c3ccccc3)c2c1.[Br-]. The Balaban J connectivity index is 0.00000231. The van der Waals surface area contributed by atoms with Crippen LogP contribution in [0.3, 0.4) is 0 Å². The second kappa shape index (κ2) is 9.67. The van der Waals surface area contributed by atoms with Crippen LogP contribution in [0.15, 0.2) is 115 Å². The van der Waals surface area contributed by atoms with Gasteiger partial charge in [-0.1, -0.05) is 66.2 Å². The molecule has 1 heterocycles. The maximum atomic E-state index is 6.38. The van der Waals surface area contributed by atoms with Crippen LogP contribution in [0.25, 0.3) is 10.1 Å². The van der Waals surface area contributed by atoms with Crippen LogP contribution in [-0.2, 0) is 6.16 Å². The Hall–Kier alpha value is -1.96. The Morgan fingerprint density at radius 3 is 1.61 bits per heavy atom. The van der Waals surface area contributed by atoms with E-state index in [4.69, 9.17) is 11.6 Å². The van der Waals surface area contributed by atoms with Crippen LogP contribution in [0.2, 0.25) is 5.02 Å². The normalized spacial score (nSPS) is 11.3. The highest BCUT2D eigenvalue weighted by Crippen LogP contribution is 2.59.